The number of sulfonamides is 1. The van der Waals surface area contributed by atoms with Gasteiger partial charge in [-0.2, -0.15) is 0 Å². The van der Waals surface area contributed by atoms with Crippen molar-refractivity contribution >= 4 is 10.0 Å². The van der Waals surface area contributed by atoms with Crippen LogP contribution in [0, 0.1) is 0 Å². The molecule has 0 radical (unpaired) electrons. The van der Waals surface area contributed by atoms with Crippen LogP contribution in [0.1, 0.15) is 104 Å². The Balaban J connectivity index is 3.38. The van der Waals surface area contributed by atoms with Crippen molar-refractivity contribution in [3.8, 4) is 0 Å². The second-order valence-electron chi connectivity index (χ2n) is 6.46. The van der Waals surface area contributed by atoms with E-state index in [1.807, 2.05) is 0 Å². The summed E-state index contributed by atoms with van der Waals surface area (Å²) in [4.78, 5) is 0. The van der Waals surface area contributed by atoms with Crippen LogP contribution in [-0.4, -0.2) is 20.7 Å². The van der Waals surface area contributed by atoms with Crippen molar-refractivity contribution in [3.05, 3.63) is 0 Å². The summed E-state index contributed by atoms with van der Waals surface area (Å²) in [5, 5.41) is 0. The highest BCUT2D eigenvalue weighted by Gasteiger charge is 2.08. The van der Waals surface area contributed by atoms with E-state index in [4.69, 9.17) is 0 Å². The predicted molar refractivity (Wildman–Crippen MR) is 97.8 cm³/mol. The van der Waals surface area contributed by atoms with Crippen LogP contribution in [0.25, 0.3) is 0 Å². The molecule has 0 saturated heterocycles. The first-order chi connectivity index (χ1) is 10.6. The zero-order valence-corrected chi connectivity index (χ0v) is 15.9. The highest BCUT2D eigenvalue weighted by molar-refractivity contribution is 7.89. The maximum absolute atomic E-state index is 11.8. The number of hydrogen-bond acceptors (Lipinski definition) is 2. The highest BCUT2D eigenvalue weighted by Crippen LogP contribution is 2.09. The van der Waals surface area contributed by atoms with Gasteiger partial charge in [-0.1, -0.05) is 90.9 Å². The molecular weight excluding hydrogens is 294 g/mol. The topological polar surface area (TPSA) is 46.2 Å². The second-order valence-corrected chi connectivity index (χ2v) is 8.38. The fourth-order valence-corrected chi connectivity index (χ4v) is 3.81. The standard InChI is InChI=1S/C18H39NO2S/c1-3-5-7-9-11-12-14-16-18-22(20,21)19-17-15-13-10-8-6-4-2/h19H,3-18H2,1-2H3. The maximum atomic E-state index is 11.8. The molecule has 0 unspecified atom stereocenters. The Morgan fingerprint density at radius 2 is 1.00 bits per heavy atom. The van der Waals surface area contributed by atoms with Gasteiger partial charge in [0.1, 0.15) is 0 Å². The molecule has 0 fully saturated rings. The summed E-state index contributed by atoms with van der Waals surface area (Å²) in [6.45, 7) is 5.05. The monoisotopic (exact) mass is 333 g/mol. The molecule has 0 atom stereocenters. The van der Waals surface area contributed by atoms with Gasteiger partial charge in [0, 0.05) is 6.54 Å². The van der Waals surface area contributed by atoms with Crippen molar-refractivity contribution in [3.63, 3.8) is 0 Å². The zero-order chi connectivity index (χ0) is 16.5. The molecule has 1 N–H and O–H groups in total. The van der Waals surface area contributed by atoms with Crippen molar-refractivity contribution in [2.24, 2.45) is 0 Å². The average molecular weight is 334 g/mol. The quantitative estimate of drug-likeness (QED) is 0.362. The molecule has 0 aliphatic rings. The van der Waals surface area contributed by atoms with Gasteiger partial charge in [-0.25, -0.2) is 13.1 Å². The molecule has 0 aliphatic heterocycles. The Bertz CT molecular complexity index is 315. The molecule has 0 amide bonds. The van der Waals surface area contributed by atoms with Gasteiger partial charge in [0.2, 0.25) is 10.0 Å². The highest BCUT2D eigenvalue weighted by atomic mass is 32.2. The SMILES string of the molecule is CCCCCCCCCCS(=O)(=O)NCCCCCCCC. The number of rotatable bonds is 17. The van der Waals surface area contributed by atoms with E-state index in [1.165, 1.54) is 64.2 Å². The van der Waals surface area contributed by atoms with Crippen molar-refractivity contribution in [1.29, 1.82) is 0 Å². The fraction of sp³-hybridized carbons (Fsp3) is 1.00. The molecule has 0 aromatic heterocycles. The first-order valence-corrected chi connectivity index (χ1v) is 11.2. The summed E-state index contributed by atoms with van der Waals surface area (Å²) in [6.07, 6.45) is 16.7. The minimum atomic E-state index is -3.03. The minimum Gasteiger partial charge on any atom is -0.215 e. The number of nitrogens with one attached hydrogen (secondary N) is 1. The largest absolute Gasteiger partial charge is 0.215 e. The van der Waals surface area contributed by atoms with Crippen molar-refractivity contribution in [2.75, 3.05) is 12.3 Å². The molecular formula is C18H39NO2S. The van der Waals surface area contributed by atoms with Gasteiger partial charge in [0.15, 0.2) is 0 Å². The Morgan fingerprint density at radius 1 is 0.591 bits per heavy atom. The van der Waals surface area contributed by atoms with E-state index in [-0.39, 0.29) is 0 Å². The van der Waals surface area contributed by atoms with Crippen LogP contribution < -0.4 is 4.72 Å². The molecule has 0 aliphatic carbocycles. The van der Waals surface area contributed by atoms with Gasteiger partial charge >= 0.3 is 0 Å². The van der Waals surface area contributed by atoms with Crippen LogP contribution in [0.2, 0.25) is 0 Å². The van der Waals surface area contributed by atoms with Gasteiger partial charge in [-0.3, -0.25) is 0 Å². The summed E-state index contributed by atoms with van der Waals surface area (Å²) < 4.78 is 26.4. The zero-order valence-electron chi connectivity index (χ0n) is 15.0. The van der Waals surface area contributed by atoms with Crippen LogP contribution in [0.5, 0.6) is 0 Å². The molecule has 4 heteroatoms. The minimum absolute atomic E-state index is 0.303. The van der Waals surface area contributed by atoms with Crippen molar-refractivity contribution < 1.29 is 8.42 Å². The van der Waals surface area contributed by atoms with Crippen LogP contribution in [0.4, 0.5) is 0 Å². The van der Waals surface area contributed by atoms with Crippen LogP contribution in [-0.2, 0) is 10.0 Å². The van der Waals surface area contributed by atoms with E-state index in [0.29, 0.717) is 12.3 Å². The Kier molecular flexibility index (Phi) is 15.7. The fourth-order valence-electron chi connectivity index (χ4n) is 2.63. The lowest BCUT2D eigenvalue weighted by atomic mass is 10.1. The second kappa shape index (κ2) is 15.8. The average Bonchev–Trinajstić information content (AvgIpc) is 2.49. The van der Waals surface area contributed by atoms with E-state index < -0.39 is 10.0 Å². The molecule has 134 valence electrons. The van der Waals surface area contributed by atoms with E-state index in [1.54, 1.807) is 0 Å². The third kappa shape index (κ3) is 16.3. The van der Waals surface area contributed by atoms with Crippen LogP contribution in [0.3, 0.4) is 0 Å². The molecule has 3 nitrogen and oxygen atoms in total. The molecule has 0 aromatic rings. The molecule has 0 spiro atoms. The van der Waals surface area contributed by atoms with Crippen molar-refractivity contribution in [1.82, 2.24) is 4.72 Å². The summed E-state index contributed by atoms with van der Waals surface area (Å²) in [5.41, 5.74) is 0. The molecule has 0 saturated carbocycles. The lowest BCUT2D eigenvalue weighted by Crippen LogP contribution is -2.27. The maximum Gasteiger partial charge on any atom is 0.211 e. The van der Waals surface area contributed by atoms with E-state index in [2.05, 4.69) is 18.6 Å². The van der Waals surface area contributed by atoms with Crippen LogP contribution in [0.15, 0.2) is 0 Å². The van der Waals surface area contributed by atoms with Crippen molar-refractivity contribution in [2.45, 2.75) is 104 Å². The van der Waals surface area contributed by atoms with Gasteiger partial charge < -0.3 is 0 Å². The summed E-state index contributed by atoms with van der Waals surface area (Å²) in [6, 6.07) is 0. The third-order valence-electron chi connectivity index (χ3n) is 4.12. The lowest BCUT2D eigenvalue weighted by Gasteiger charge is -2.07. The molecule has 0 bridgehead atoms. The van der Waals surface area contributed by atoms with Gasteiger partial charge in [0.05, 0.1) is 5.75 Å². The Morgan fingerprint density at radius 3 is 1.50 bits per heavy atom. The third-order valence-corrected chi connectivity index (χ3v) is 5.59. The number of unbranched alkanes of at least 4 members (excludes halogenated alkanes) is 12. The summed E-state index contributed by atoms with van der Waals surface area (Å²) in [7, 11) is -3.03. The summed E-state index contributed by atoms with van der Waals surface area (Å²) >= 11 is 0. The predicted octanol–water partition coefficient (Wildman–Crippen LogP) is 5.41. The Labute approximate surface area is 139 Å². The van der Waals surface area contributed by atoms with E-state index in [9.17, 15) is 8.42 Å². The normalized spacial score (nSPS) is 11.9. The smallest absolute Gasteiger partial charge is 0.211 e. The first-order valence-electron chi connectivity index (χ1n) is 9.59. The van der Waals surface area contributed by atoms with Crippen LogP contribution >= 0.6 is 0 Å². The lowest BCUT2D eigenvalue weighted by molar-refractivity contribution is 0.557. The molecule has 0 heterocycles. The van der Waals surface area contributed by atoms with Gasteiger partial charge in [-0.15, -0.1) is 0 Å². The first kappa shape index (κ1) is 21.9. The van der Waals surface area contributed by atoms with E-state index in [0.717, 1.165) is 25.7 Å². The molecule has 22 heavy (non-hydrogen) atoms. The molecule has 0 rings (SSSR count). The molecule has 0 aromatic carbocycles. The Hall–Kier alpha value is -0.0900. The summed E-state index contributed by atoms with van der Waals surface area (Å²) in [5.74, 6) is 0.303. The van der Waals surface area contributed by atoms with Gasteiger partial charge in [0.25, 0.3) is 0 Å². The van der Waals surface area contributed by atoms with Gasteiger partial charge in [-0.05, 0) is 12.8 Å². The number of hydrogen-bond donors (Lipinski definition) is 1. The van der Waals surface area contributed by atoms with E-state index >= 15 is 0 Å².